The number of sulfonamides is 1. The summed E-state index contributed by atoms with van der Waals surface area (Å²) in [6, 6.07) is 20.4. The van der Waals surface area contributed by atoms with Crippen LogP contribution in [0.4, 0.5) is 0 Å². The molecule has 0 radical (unpaired) electrons. The van der Waals surface area contributed by atoms with Crippen molar-refractivity contribution in [2.75, 3.05) is 6.61 Å². The van der Waals surface area contributed by atoms with E-state index in [1.54, 1.807) is 42.5 Å². The average Bonchev–Trinajstić information content (AvgIpc) is 3.45. The molecular weight excluding hydrogens is 580 g/mol. The average molecular weight is 613 g/mol. The molecule has 5 rings (SSSR count). The molecule has 0 saturated heterocycles. The first-order valence-corrected chi connectivity index (χ1v) is 15.5. The molecule has 1 amide bonds. The van der Waals surface area contributed by atoms with Gasteiger partial charge in [-0.2, -0.15) is 9.78 Å². The first kappa shape index (κ1) is 30.4. The lowest BCUT2D eigenvalue weighted by atomic mass is 9.96. The Morgan fingerprint density at radius 1 is 1.09 bits per heavy atom. The maximum absolute atomic E-state index is 13.7. The number of rotatable bonds is 9. The van der Waals surface area contributed by atoms with Crippen LogP contribution >= 0.6 is 0 Å². The van der Waals surface area contributed by atoms with Crippen molar-refractivity contribution in [2.45, 2.75) is 45.4 Å². The van der Waals surface area contributed by atoms with Crippen LogP contribution in [0.15, 0.2) is 92.0 Å². The van der Waals surface area contributed by atoms with Gasteiger partial charge in [-0.3, -0.25) is 9.59 Å². The predicted octanol–water partition coefficient (Wildman–Crippen LogP) is 5.86. The van der Waals surface area contributed by atoms with E-state index >= 15 is 0 Å². The number of aromatic nitrogens is 2. The number of benzene rings is 3. The molecule has 5 aromatic rings. The van der Waals surface area contributed by atoms with E-state index in [0.29, 0.717) is 40.4 Å². The van der Waals surface area contributed by atoms with Gasteiger partial charge in [0, 0.05) is 18.1 Å². The molecule has 3 aromatic carbocycles. The number of hydrogen-bond donors (Lipinski definition) is 1. The molecule has 0 saturated carbocycles. The summed E-state index contributed by atoms with van der Waals surface area (Å²) in [4.78, 5) is 29.8. The number of nitrogens with zero attached hydrogens (tertiary/aromatic N) is 3. The number of nitrogens with one attached hydrogen (secondary N) is 1. The van der Waals surface area contributed by atoms with Crippen LogP contribution in [0.1, 0.15) is 50.5 Å². The number of amides is 1. The highest BCUT2D eigenvalue weighted by Gasteiger charge is 2.19. The van der Waals surface area contributed by atoms with Crippen LogP contribution in [0.3, 0.4) is 0 Å². The topological polar surface area (TPSA) is 133 Å². The summed E-state index contributed by atoms with van der Waals surface area (Å²) in [6.07, 6.45) is 1.44. The highest BCUT2D eigenvalue weighted by molar-refractivity contribution is 7.90. The van der Waals surface area contributed by atoms with Crippen LogP contribution in [-0.4, -0.2) is 36.8 Å². The van der Waals surface area contributed by atoms with E-state index in [2.05, 4.69) is 18.9 Å². The zero-order valence-electron chi connectivity index (χ0n) is 25.0. The fourth-order valence-corrected chi connectivity index (χ4v) is 5.81. The molecule has 0 aliphatic carbocycles. The van der Waals surface area contributed by atoms with Crippen LogP contribution in [0.2, 0.25) is 0 Å². The van der Waals surface area contributed by atoms with Gasteiger partial charge in [0.1, 0.15) is 17.3 Å². The third kappa shape index (κ3) is 6.18. The second kappa shape index (κ2) is 12.3. The monoisotopic (exact) mass is 612 g/mol. The SMILES string of the molecule is CCOc1cc(C)c(-c2nc3ccccc3c(=O)n2N=Cc2ccc(-c3ccc(S(=O)(=O)NC(C)=O)cc3)o2)cc1C(C)C. The van der Waals surface area contributed by atoms with Gasteiger partial charge in [-0.05, 0) is 91.6 Å². The second-order valence-electron chi connectivity index (χ2n) is 10.5. The number of carbonyl (C=O) groups is 1. The van der Waals surface area contributed by atoms with Gasteiger partial charge in [0.25, 0.3) is 15.6 Å². The summed E-state index contributed by atoms with van der Waals surface area (Å²) in [7, 11) is -3.95. The molecule has 0 aliphatic rings. The van der Waals surface area contributed by atoms with Crippen LogP contribution < -0.4 is 15.0 Å². The van der Waals surface area contributed by atoms with Gasteiger partial charge in [0.15, 0.2) is 5.82 Å². The van der Waals surface area contributed by atoms with Crippen LogP contribution in [0, 0.1) is 6.92 Å². The van der Waals surface area contributed by atoms with Crippen LogP contribution in [0.25, 0.3) is 33.6 Å². The molecular formula is C33H32N4O6S. The third-order valence-corrected chi connectivity index (χ3v) is 8.38. The van der Waals surface area contributed by atoms with Crippen LogP contribution in [-0.2, 0) is 14.8 Å². The number of fused-ring (bicyclic) bond motifs is 1. The molecule has 0 aliphatic heterocycles. The summed E-state index contributed by atoms with van der Waals surface area (Å²) < 4.78 is 39.6. The number of furan rings is 1. The smallest absolute Gasteiger partial charge is 0.282 e. The van der Waals surface area contributed by atoms with Crippen molar-refractivity contribution in [3.63, 3.8) is 0 Å². The Labute approximate surface area is 255 Å². The Bertz CT molecular complexity index is 2060. The lowest BCUT2D eigenvalue weighted by Gasteiger charge is -2.18. The van der Waals surface area contributed by atoms with E-state index < -0.39 is 15.9 Å². The first-order valence-electron chi connectivity index (χ1n) is 14.1. The van der Waals surface area contributed by atoms with Crippen molar-refractivity contribution < 1.29 is 22.4 Å². The summed E-state index contributed by atoms with van der Waals surface area (Å²) in [5.41, 5.74) is 3.48. The van der Waals surface area contributed by atoms with Crippen molar-refractivity contribution >= 4 is 33.0 Å². The van der Waals surface area contributed by atoms with E-state index in [9.17, 15) is 18.0 Å². The maximum Gasteiger partial charge on any atom is 0.282 e. The van der Waals surface area contributed by atoms with Gasteiger partial charge in [-0.25, -0.2) is 18.1 Å². The van der Waals surface area contributed by atoms with Crippen molar-refractivity contribution in [1.82, 2.24) is 14.4 Å². The van der Waals surface area contributed by atoms with Crippen molar-refractivity contribution in [1.29, 1.82) is 0 Å². The third-order valence-electron chi connectivity index (χ3n) is 6.93. The molecule has 0 atom stereocenters. The number of aryl methyl sites for hydroxylation is 1. The Kier molecular flexibility index (Phi) is 8.50. The largest absolute Gasteiger partial charge is 0.494 e. The molecule has 226 valence electrons. The Hall–Kier alpha value is -5.03. The summed E-state index contributed by atoms with van der Waals surface area (Å²) in [5, 5.41) is 4.96. The molecule has 44 heavy (non-hydrogen) atoms. The summed E-state index contributed by atoms with van der Waals surface area (Å²) in [6.45, 7) is 9.72. The van der Waals surface area contributed by atoms with E-state index in [4.69, 9.17) is 14.1 Å². The van der Waals surface area contributed by atoms with E-state index in [1.807, 2.05) is 36.8 Å². The zero-order valence-corrected chi connectivity index (χ0v) is 25.8. The van der Waals surface area contributed by atoms with Crippen molar-refractivity contribution in [2.24, 2.45) is 5.10 Å². The van der Waals surface area contributed by atoms with Crippen molar-refractivity contribution in [3.05, 3.63) is 100 Å². The van der Waals surface area contributed by atoms with Gasteiger partial charge in [0.05, 0.1) is 28.6 Å². The second-order valence-corrected chi connectivity index (χ2v) is 12.2. The molecule has 2 aromatic heterocycles. The van der Waals surface area contributed by atoms with Gasteiger partial charge >= 0.3 is 0 Å². The first-order chi connectivity index (χ1) is 21.0. The minimum absolute atomic E-state index is 0.0503. The fraction of sp³-hybridized carbons (Fsp3) is 0.212. The minimum atomic E-state index is -3.95. The molecule has 2 heterocycles. The summed E-state index contributed by atoms with van der Waals surface area (Å²) >= 11 is 0. The maximum atomic E-state index is 13.7. The minimum Gasteiger partial charge on any atom is -0.494 e. The lowest BCUT2D eigenvalue weighted by Crippen LogP contribution is -2.28. The molecule has 0 bridgehead atoms. The number of hydrogen-bond acceptors (Lipinski definition) is 8. The summed E-state index contributed by atoms with van der Waals surface area (Å²) in [5.74, 6) is 1.50. The lowest BCUT2D eigenvalue weighted by molar-refractivity contribution is -0.117. The number of carbonyl (C=O) groups excluding carboxylic acids is 1. The Morgan fingerprint density at radius 3 is 2.50 bits per heavy atom. The highest BCUT2D eigenvalue weighted by Crippen LogP contribution is 2.34. The fourth-order valence-electron chi connectivity index (χ4n) is 4.81. The molecule has 11 heteroatoms. The van der Waals surface area contributed by atoms with E-state index in [0.717, 1.165) is 29.4 Å². The van der Waals surface area contributed by atoms with Crippen LogP contribution in [0.5, 0.6) is 5.75 Å². The Morgan fingerprint density at radius 2 is 1.82 bits per heavy atom. The van der Waals surface area contributed by atoms with Gasteiger partial charge in [-0.1, -0.05) is 26.0 Å². The van der Waals surface area contributed by atoms with Gasteiger partial charge in [-0.15, -0.1) is 0 Å². The van der Waals surface area contributed by atoms with Gasteiger partial charge < -0.3 is 9.15 Å². The molecule has 1 N–H and O–H groups in total. The highest BCUT2D eigenvalue weighted by atomic mass is 32.2. The molecule has 0 spiro atoms. The predicted molar refractivity (Wildman–Crippen MR) is 170 cm³/mol. The normalized spacial score (nSPS) is 11.9. The Balaban J connectivity index is 1.55. The number of para-hydroxylation sites is 1. The molecule has 10 nitrogen and oxygen atoms in total. The zero-order chi connectivity index (χ0) is 31.6. The quantitative estimate of drug-likeness (QED) is 0.206. The van der Waals surface area contributed by atoms with Crippen molar-refractivity contribution in [3.8, 4) is 28.5 Å². The number of ether oxygens (including phenoxy) is 1. The van der Waals surface area contributed by atoms with E-state index in [-0.39, 0.29) is 16.4 Å². The van der Waals surface area contributed by atoms with Gasteiger partial charge in [0.2, 0.25) is 5.91 Å². The molecule has 0 unspecified atom stereocenters. The molecule has 0 fully saturated rings. The standard InChI is InChI=1S/C33H32N4O6S/c1-6-42-31-17-21(4)28(18-27(31)20(2)3)32-35-29-10-8-7-9-26(29)33(39)37(32)34-19-24-13-16-30(43-24)23-11-14-25(15-12-23)44(40,41)36-22(5)38/h7-20H,6H2,1-5H3,(H,36,38). The van der Waals surface area contributed by atoms with E-state index in [1.165, 1.54) is 23.0 Å².